The number of carbonyl (C=O) groups is 1. The molecule has 2 aromatic heterocycles. The zero-order chi connectivity index (χ0) is 16.9. The molecule has 1 aromatic carbocycles. The second kappa shape index (κ2) is 6.78. The van der Waals surface area contributed by atoms with E-state index in [4.69, 9.17) is 9.15 Å². The van der Waals surface area contributed by atoms with E-state index in [1.165, 1.54) is 10.8 Å². The van der Waals surface area contributed by atoms with E-state index in [1.807, 2.05) is 0 Å². The average Bonchev–Trinajstić information content (AvgIpc) is 3.24. The first kappa shape index (κ1) is 15.5. The molecule has 24 heavy (non-hydrogen) atoms. The number of aromatic nitrogens is 4. The van der Waals surface area contributed by atoms with Crippen LogP contribution in [0.5, 0.6) is 5.75 Å². The molecule has 3 aromatic rings. The highest BCUT2D eigenvalue weighted by atomic mass is 16.5. The Morgan fingerprint density at radius 3 is 2.92 bits per heavy atom. The Bertz CT molecular complexity index is 868. The van der Waals surface area contributed by atoms with Crippen molar-refractivity contribution in [1.82, 2.24) is 20.2 Å². The molecule has 0 aliphatic heterocycles. The van der Waals surface area contributed by atoms with Crippen LogP contribution in [0.4, 0.5) is 5.69 Å². The number of rotatable bonds is 5. The summed E-state index contributed by atoms with van der Waals surface area (Å²) in [5.74, 6) is 1.52. The lowest BCUT2D eigenvalue weighted by Crippen LogP contribution is -2.09. The summed E-state index contributed by atoms with van der Waals surface area (Å²) >= 11 is 0. The summed E-state index contributed by atoms with van der Waals surface area (Å²) in [6.07, 6.45) is 4.53. The van der Waals surface area contributed by atoms with Crippen LogP contribution in [0.25, 0.3) is 11.8 Å². The Kier molecular flexibility index (Phi) is 4.37. The molecule has 122 valence electrons. The molecule has 8 nitrogen and oxygen atoms in total. The smallest absolute Gasteiger partial charge is 0.248 e. The quantitative estimate of drug-likeness (QED) is 0.723. The minimum atomic E-state index is -0.282. The molecule has 8 heteroatoms. The van der Waals surface area contributed by atoms with Crippen molar-refractivity contribution in [1.29, 1.82) is 0 Å². The number of tetrazole rings is 1. The lowest BCUT2D eigenvalue weighted by Gasteiger charge is -2.11. The molecular weight excluding hydrogens is 310 g/mol. The minimum Gasteiger partial charge on any atom is -0.494 e. The normalized spacial score (nSPS) is 10.9. The molecule has 1 amide bonds. The molecule has 0 atom stereocenters. The number of ether oxygens (including phenoxy) is 1. The summed E-state index contributed by atoms with van der Waals surface area (Å²) in [5.41, 5.74) is 1.22. The van der Waals surface area contributed by atoms with Crippen molar-refractivity contribution in [3.8, 4) is 11.4 Å². The van der Waals surface area contributed by atoms with E-state index in [1.54, 1.807) is 56.7 Å². The second-order valence-corrected chi connectivity index (χ2v) is 4.86. The monoisotopic (exact) mass is 325 g/mol. The second-order valence-electron chi connectivity index (χ2n) is 4.86. The van der Waals surface area contributed by atoms with Crippen LogP contribution in [-0.2, 0) is 4.79 Å². The number of carbonyl (C=O) groups excluding carboxylic acids is 1. The summed E-state index contributed by atoms with van der Waals surface area (Å²) < 4.78 is 12.0. The number of anilines is 1. The average molecular weight is 325 g/mol. The first-order valence-electron chi connectivity index (χ1n) is 7.13. The van der Waals surface area contributed by atoms with E-state index < -0.39 is 0 Å². The number of nitrogens with one attached hydrogen (secondary N) is 1. The zero-order valence-electron chi connectivity index (χ0n) is 13.1. The first-order chi connectivity index (χ1) is 11.7. The Labute approximate surface area is 137 Å². The highest BCUT2D eigenvalue weighted by Gasteiger charge is 2.11. The summed E-state index contributed by atoms with van der Waals surface area (Å²) in [4.78, 5) is 12.0. The highest BCUT2D eigenvalue weighted by Crippen LogP contribution is 2.26. The Morgan fingerprint density at radius 2 is 2.25 bits per heavy atom. The van der Waals surface area contributed by atoms with Gasteiger partial charge in [0.05, 0.1) is 13.4 Å². The van der Waals surface area contributed by atoms with E-state index in [0.29, 0.717) is 28.7 Å². The van der Waals surface area contributed by atoms with Crippen LogP contribution in [-0.4, -0.2) is 33.2 Å². The number of hydrogen-bond acceptors (Lipinski definition) is 6. The van der Waals surface area contributed by atoms with Gasteiger partial charge in [-0.05, 0) is 53.8 Å². The van der Waals surface area contributed by atoms with Gasteiger partial charge in [0.25, 0.3) is 0 Å². The molecule has 3 rings (SSSR count). The highest BCUT2D eigenvalue weighted by molar-refractivity contribution is 6.01. The fraction of sp³-hybridized carbons (Fsp3) is 0.125. The van der Waals surface area contributed by atoms with Crippen LogP contribution < -0.4 is 10.1 Å². The zero-order valence-corrected chi connectivity index (χ0v) is 13.1. The number of benzene rings is 1. The fourth-order valence-corrected chi connectivity index (χ4v) is 2.12. The van der Waals surface area contributed by atoms with E-state index in [9.17, 15) is 4.79 Å². The van der Waals surface area contributed by atoms with Crippen LogP contribution in [0.1, 0.15) is 11.6 Å². The number of hydrogen-bond donors (Lipinski definition) is 1. The van der Waals surface area contributed by atoms with Crippen molar-refractivity contribution in [2.75, 3.05) is 12.4 Å². The largest absolute Gasteiger partial charge is 0.494 e. The lowest BCUT2D eigenvalue weighted by molar-refractivity contribution is -0.111. The topological polar surface area (TPSA) is 95.1 Å². The number of aryl methyl sites for hydroxylation is 1. The lowest BCUT2D eigenvalue weighted by atomic mass is 10.2. The van der Waals surface area contributed by atoms with Crippen molar-refractivity contribution < 1.29 is 13.9 Å². The first-order valence-corrected chi connectivity index (χ1v) is 7.13. The van der Waals surface area contributed by atoms with Gasteiger partial charge in [0.15, 0.2) is 5.82 Å². The molecule has 1 N–H and O–H groups in total. The van der Waals surface area contributed by atoms with Crippen molar-refractivity contribution in [3.63, 3.8) is 0 Å². The molecule has 0 aliphatic rings. The standard InChI is InChI=1S/C16H15N5O3/c1-11-18-19-20-21(11)14-10-12(5-7-15(14)23-2)17-16(22)8-6-13-4-3-9-24-13/h3-10H,1-2H3,(H,17,22)/b8-6+. The van der Waals surface area contributed by atoms with E-state index >= 15 is 0 Å². The van der Waals surface area contributed by atoms with Gasteiger partial charge in [-0.2, -0.15) is 4.68 Å². The van der Waals surface area contributed by atoms with Gasteiger partial charge in [-0.1, -0.05) is 0 Å². The van der Waals surface area contributed by atoms with Crippen LogP contribution >= 0.6 is 0 Å². The van der Waals surface area contributed by atoms with Gasteiger partial charge in [-0.15, -0.1) is 5.10 Å². The van der Waals surface area contributed by atoms with Crippen LogP contribution in [0.3, 0.4) is 0 Å². The third kappa shape index (κ3) is 3.32. The maximum absolute atomic E-state index is 12.0. The molecule has 0 radical (unpaired) electrons. The molecule has 0 saturated heterocycles. The molecule has 2 heterocycles. The molecule has 0 bridgehead atoms. The van der Waals surface area contributed by atoms with Gasteiger partial charge in [-0.25, -0.2) is 0 Å². The van der Waals surface area contributed by atoms with E-state index in [-0.39, 0.29) is 5.91 Å². The number of amides is 1. The summed E-state index contributed by atoms with van der Waals surface area (Å²) in [7, 11) is 1.56. The molecule has 0 spiro atoms. The predicted molar refractivity (Wildman–Crippen MR) is 86.8 cm³/mol. The molecule has 0 fully saturated rings. The van der Waals surface area contributed by atoms with E-state index in [2.05, 4.69) is 20.8 Å². The van der Waals surface area contributed by atoms with Crippen LogP contribution in [0.2, 0.25) is 0 Å². The van der Waals surface area contributed by atoms with E-state index in [0.717, 1.165) is 0 Å². The van der Waals surface area contributed by atoms with Crippen molar-refractivity contribution in [2.24, 2.45) is 0 Å². The van der Waals surface area contributed by atoms with Gasteiger partial charge >= 0.3 is 0 Å². The Morgan fingerprint density at radius 1 is 1.38 bits per heavy atom. The number of nitrogens with zero attached hydrogens (tertiary/aromatic N) is 4. The third-order valence-electron chi connectivity index (χ3n) is 3.24. The van der Waals surface area contributed by atoms with Crippen LogP contribution in [0.15, 0.2) is 47.1 Å². The molecule has 0 aliphatic carbocycles. The van der Waals surface area contributed by atoms with Gasteiger partial charge in [-0.3, -0.25) is 4.79 Å². The van der Waals surface area contributed by atoms with Gasteiger partial charge < -0.3 is 14.5 Å². The minimum absolute atomic E-state index is 0.282. The Hall–Kier alpha value is -3.42. The number of methoxy groups -OCH3 is 1. The van der Waals surface area contributed by atoms with Gasteiger partial charge in [0.1, 0.15) is 17.2 Å². The number of furan rings is 1. The molecular formula is C16H15N5O3. The van der Waals surface area contributed by atoms with Crippen molar-refractivity contribution >= 4 is 17.7 Å². The van der Waals surface area contributed by atoms with Crippen molar-refractivity contribution in [2.45, 2.75) is 6.92 Å². The summed E-state index contributed by atoms with van der Waals surface area (Å²) in [6.45, 7) is 1.77. The molecule has 0 saturated carbocycles. The maximum atomic E-state index is 12.0. The van der Waals surface area contributed by atoms with Gasteiger partial charge in [0.2, 0.25) is 5.91 Å². The summed E-state index contributed by atoms with van der Waals surface area (Å²) in [6, 6.07) is 8.72. The summed E-state index contributed by atoms with van der Waals surface area (Å²) in [5, 5.41) is 14.2. The fourth-order valence-electron chi connectivity index (χ4n) is 2.12. The van der Waals surface area contributed by atoms with Crippen molar-refractivity contribution in [3.05, 3.63) is 54.3 Å². The maximum Gasteiger partial charge on any atom is 0.248 e. The Balaban J connectivity index is 1.82. The SMILES string of the molecule is COc1ccc(NC(=O)/C=C/c2ccco2)cc1-n1nnnc1C. The predicted octanol–water partition coefficient (Wildman–Crippen LogP) is 2.22. The van der Waals surface area contributed by atoms with Gasteiger partial charge in [0, 0.05) is 11.8 Å². The van der Waals surface area contributed by atoms with Crippen LogP contribution in [0, 0.1) is 6.92 Å². The third-order valence-corrected chi connectivity index (χ3v) is 3.24. The molecule has 0 unspecified atom stereocenters.